The van der Waals surface area contributed by atoms with Crippen molar-refractivity contribution >= 4 is 27.7 Å². The van der Waals surface area contributed by atoms with Crippen LogP contribution in [0.2, 0.25) is 0 Å². The van der Waals surface area contributed by atoms with Gasteiger partial charge < -0.3 is 10.2 Å². The average Bonchev–Trinajstić information content (AvgIpc) is 2.88. The summed E-state index contributed by atoms with van der Waals surface area (Å²) in [4.78, 5) is 28.7. The van der Waals surface area contributed by atoms with Gasteiger partial charge in [-0.3, -0.25) is 9.59 Å². The van der Waals surface area contributed by atoms with Crippen LogP contribution in [0, 0.1) is 20.8 Å². The van der Waals surface area contributed by atoms with Crippen molar-refractivity contribution in [3.63, 3.8) is 0 Å². The Morgan fingerprint density at radius 2 is 1.55 bits per heavy atom. The Balaban J connectivity index is 1.94. The zero-order valence-corrected chi connectivity index (χ0v) is 24.3. The molecule has 1 aliphatic carbocycles. The lowest BCUT2D eigenvalue weighted by Gasteiger charge is -2.34. The van der Waals surface area contributed by atoms with Crippen molar-refractivity contribution in [3.8, 4) is 0 Å². The quantitative estimate of drug-likeness (QED) is 0.490. The van der Waals surface area contributed by atoms with Gasteiger partial charge in [-0.2, -0.15) is 12.7 Å². The van der Waals surface area contributed by atoms with E-state index in [1.807, 2.05) is 57.2 Å². The summed E-state index contributed by atoms with van der Waals surface area (Å²) < 4.78 is 29.1. The van der Waals surface area contributed by atoms with E-state index in [1.54, 1.807) is 13.0 Å². The number of nitrogens with one attached hydrogen (secondary N) is 1. The summed E-state index contributed by atoms with van der Waals surface area (Å²) in [6, 6.07) is 12.6. The molecule has 2 aromatic carbocycles. The van der Waals surface area contributed by atoms with Gasteiger partial charge in [0.05, 0.1) is 5.69 Å². The van der Waals surface area contributed by atoms with Crippen LogP contribution in [0.4, 0.5) is 5.69 Å². The van der Waals surface area contributed by atoms with Crippen LogP contribution in [-0.2, 0) is 26.3 Å². The number of hydrogen-bond acceptors (Lipinski definition) is 4. The predicted molar refractivity (Wildman–Crippen MR) is 152 cm³/mol. The standard InChI is InChI=1S/C29H42N4O4S/c1-21-13-16-25(17-14-21)19-32(24(4)29(35)30-26-10-8-7-9-11-26)28(34)20-33(38(36,37)31(5)6)27-18-22(2)12-15-23(27)3/h12-18,24,26H,7-11,19-20H2,1-6H3,(H,30,35)/t24-/m0/s1. The highest BCUT2D eigenvalue weighted by Gasteiger charge is 2.33. The van der Waals surface area contributed by atoms with Crippen LogP contribution in [0.15, 0.2) is 42.5 Å². The lowest BCUT2D eigenvalue weighted by atomic mass is 9.95. The molecule has 1 N–H and O–H groups in total. The Bertz CT molecular complexity index is 1220. The zero-order valence-electron chi connectivity index (χ0n) is 23.5. The fraction of sp³-hybridized carbons (Fsp3) is 0.517. The van der Waals surface area contributed by atoms with Crippen molar-refractivity contribution in [2.75, 3.05) is 24.9 Å². The van der Waals surface area contributed by atoms with Crippen molar-refractivity contribution in [1.29, 1.82) is 0 Å². The third-order valence-corrected chi connectivity index (χ3v) is 9.05. The van der Waals surface area contributed by atoms with Gasteiger partial charge in [-0.1, -0.05) is 61.2 Å². The fourth-order valence-electron chi connectivity index (χ4n) is 4.73. The number of hydrogen-bond donors (Lipinski definition) is 1. The van der Waals surface area contributed by atoms with Gasteiger partial charge in [0.25, 0.3) is 0 Å². The number of rotatable bonds is 10. The first-order valence-electron chi connectivity index (χ1n) is 13.3. The number of nitrogens with zero attached hydrogens (tertiary/aromatic N) is 3. The second-order valence-corrected chi connectivity index (χ2v) is 12.7. The van der Waals surface area contributed by atoms with Crippen LogP contribution >= 0.6 is 0 Å². The molecular weight excluding hydrogens is 500 g/mol. The molecule has 0 unspecified atom stereocenters. The van der Waals surface area contributed by atoms with Crippen molar-refractivity contribution < 1.29 is 18.0 Å². The number of anilines is 1. The van der Waals surface area contributed by atoms with Crippen LogP contribution in [0.5, 0.6) is 0 Å². The molecule has 1 fully saturated rings. The van der Waals surface area contributed by atoms with Crippen molar-refractivity contribution in [2.24, 2.45) is 0 Å². The molecule has 1 saturated carbocycles. The molecule has 0 spiro atoms. The molecule has 0 aliphatic heterocycles. The molecule has 9 heteroatoms. The van der Waals surface area contributed by atoms with Gasteiger partial charge in [-0.05, 0) is 63.3 Å². The summed E-state index contributed by atoms with van der Waals surface area (Å²) in [5, 5.41) is 3.13. The van der Waals surface area contributed by atoms with Crippen LogP contribution in [0.1, 0.15) is 61.3 Å². The molecule has 3 rings (SSSR count). The van der Waals surface area contributed by atoms with E-state index in [0.29, 0.717) is 5.69 Å². The summed E-state index contributed by atoms with van der Waals surface area (Å²) >= 11 is 0. The van der Waals surface area contributed by atoms with Gasteiger partial charge in [0, 0.05) is 26.7 Å². The molecule has 2 amide bonds. The van der Waals surface area contributed by atoms with E-state index in [-0.39, 0.29) is 18.5 Å². The van der Waals surface area contributed by atoms with E-state index in [1.165, 1.54) is 25.4 Å². The highest BCUT2D eigenvalue weighted by atomic mass is 32.2. The molecule has 2 aromatic rings. The first-order valence-corrected chi connectivity index (χ1v) is 14.7. The summed E-state index contributed by atoms with van der Waals surface area (Å²) in [5.74, 6) is -0.658. The number of carbonyl (C=O) groups is 2. The van der Waals surface area contributed by atoms with Crippen molar-refractivity contribution in [2.45, 2.75) is 78.4 Å². The molecule has 0 bridgehead atoms. The second kappa shape index (κ2) is 12.8. The highest BCUT2D eigenvalue weighted by Crippen LogP contribution is 2.26. The second-order valence-electron chi connectivity index (χ2n) is 10.6. The first kappa shape index (κ1) is 29.6. The Kier molecular flexibility index (Phi) is 9.95. The number of carbonyl (C=O) groups excluding carboxylic acids is 2. The molecule has 0 aromatic heterocycles. The lowest BCUT2D eigenvalue weighted by Crippen LogP contribution is -2.53. The van der Waals surface area contributed by atoms with Gasteiger partial charge in [-0.25, -0.2) is 4.31 Å². The Morgan fingerprint density at radius 1 is 0.947 bits per heavy atom. The Labute approximate surface area is 228 Å². The summed E-state index contributed by atoms with van der Waals surface area (Å²) in [6.45, 7) is 7.18. The van der Waals surface area contributed by atoms with Gasteiger partial charge in [0.1, 0.15) is 12.6 Å². The maximum Gasteiger partial charge on any atom is 0.304 e. The minimum absolute atomic E-state index is 0.107. The smallest absolute Gasteiger partial charge is 0.304 e. The van der Waals surface area contributed by atoms with Gasteiger partial charge in [0.15, 0.2) is 0 Å². The van der Waals surface area contributed by atoms with Crippen LogP contribution in [-0.4, -0.2) is 62.2 Å². The minimum atomic E-state index is -3.99. The summed E-state index contributed by atoms with van der Waals surface area (Å²) in [7, 11) is -1.10. The largest absolute Gasteiger partial charge is 0.352 e. The molecule has 208 valence electrons. The van der Waals surface area contributed by atoms with E-state index in [2.05, 4.69) is 5.32 Å². The fourth-order valence-corrected chi connectivity index (χ4v) is 5.84. The number of amides is 2. The maximum absolute atomic E-state index is 13.9. The van der Waals surface area contributed by atoms with Crippen molar-refractivity contribution in [3.05, 3.63) is 64.7 Å². The monoisotopic (exact) mass is 542 g/mol. The third-order valence-electron chi connectivity index (χ3n) is 7.24. The molecule has 0 heterocycles. The third kappa shape index (κ3) is 7.35. The number of aryl methyl sites for hydroxylation is 3. The molecule has 1 atom stereocenters. The Hall–Kier alpha value is -2.91. The molecule has 8 nitrogen and oxygen atoms in total. The van der Waals surface area contributed by atoms with E-state index in [4.69, 9.17) is 0 Å². The van der Waals surface area contributed by atoms with E-state index >= 15 is 0 Å². The lowest BCUT2D eigenvalue weighted by molar-refractivity contribution is -0.139. The number of benzene rings is 2. The van der Waals surface area contributed by atoms with Crippen LogP contribution in [0.3, 0.4) is 0 Å². The molecule has 0 saturated heterocycles. The van der Waals surface area contributed by atoms with E-state index < -0.39 is 28.7 Å². The minimum Gasteiger partial charge on any atom is -0.352 e. The molecule has 1 aliphatic rings. The van der Waals surface area contributed by atoms with Crippen LogP contribution < -0.4 is 9.62 Å². The highest BCUT2D eigenvalue weighted by molar-refractivity contribution is 7.90. The Morgan fingerprint density at radius 3 is 2.16 bits per heavy atom. The SMILES string of the molecule is Cc1ccc(CN(C(=O)CN(c2cc(C)ccc2C)S(=O)(=O)N(C)C)[C@@H](C)C(=O)NC2CCCCC2)cc1. The normalized spacial score (nSPS) is 15.2. The summed E-state index contributed by atoms with van der Waals surface area (Å²) in [5.41, 5.74) is 4.03. The average molecular weight is 543 g/mol. The zero-order chi connectivity index (χ0) is 28.0. The predicted octanol–water partition coefficient (Wildman–Crippen LogP) is 4.09. The molecule has 38 heavy (non-hydrogen) atoms. The van der Waals surface area contributed by atoms with E-state index in [0.717, 1.165) is 56.5 Å². The maximum atomic E-state index is 13.9. The van der Waals surface area contributed by atoms with Gasteiger partial charge in [0.2, 0.25) is 11.8 Å². The van der Waals surface area contributed by atoms with E-state index in [9.17, 15) is 18.0 Å². The first-order chi connectivity index (χ1) is 17.9. The van der Waals surface area contributed by atoms with Gasteiger partial charge >= 0.3 is 10.2 Å². The summed E-state index contributed by atoms with van der Waals surface area (Å²) in [6.07, 6.45) is 5.21. The molecular formula is C29H42N4O4S. The van der Waals surface area contributed by atoms with Crippen molar-refractivity contribution in [1.82, 2.24) is 14.5 Å². The van der Waals surface area contributed by atoms with Gasteiger partial charge in [-0.15, -0.1) is 0 Å². The van der Waals surface area contributed by atoms with Crippen LogP contribution in [0.25, 0.3) is 0 Å². The molecule has 0 radical (unpaired) electrons. The topological polar surface area (TPSA) is 90.0 Å².